The van der Waals surface area contributed by atoms with Crippen LogP contribution in [0.3, 0.4) is 0 Å². The largest absolute Gasteiger partial charge is 0.383 e. The molecule has 0 bridgehead atoms. The van der Waals surface area contributed by atoms with Crippen LogP contribution in [-0.4, -0.2) is 33.4 Å². The van der Waals surface area contributed by atoms with Gasteiger partial charge in [0, 0.05) is 35.8 Å². The average molecular weight is 327 g/mol. The number of nitrogens with zero attached hydrogens (tertiary/aromatic N) is 4. The highest BCUT2D eigenvalue weighted by Gasteiger charge is 2.14. The molecule has 2 rings (SSSR count). The van der Waals surface area contributed by atoms with E-state index in [1.165, 1.54) is 12.1 Å². The van der Waals surface area contributed by atoms with Gasteiger partial charge in [-0.15, -0.1) is 10.2 Å². The first-order valence-electron chi connectivity index (χ1n) is 5.44. The molecule has 0 atom stereocenters. The Morgan fingerprint density at radius 2 is 2.26 bits per heavy atom. The Kier molecular flexibility index (Phi) is 4.23. The van der Waals surface area contributed by atoms with Gasteiger partial charge in [-0.2, -0.15) is 0 Å². The van der Waals surface area contributed by atoms with Crippen LogP contribution in [-0.2, 0) is 11.3 Å². The highest BCUT2D eigenvalue weighted by Crippen LogP contribution is 2.27. The van der Waals surface area contributed by atoms with Gasteiger partial charge in [-0.3, -0.25) is 10.1 Å². The number of halogens is 1. The summed E-state index contributed by atoms with van der Waals surface area (Å²) in [5.41, 5.74) is 0.639. The van der Waals surface area contributed by atoms with Gasteiger partial charge in [0.1, 0.15) is 6.33 Å². The van der Waals surface area contributed by atoms with E-state index in [1.807, 2.05) is 0 Å². The number of aromatic nitrogens is 3. The summed E-state index contributed by atoms with van der Waals surface area (Å²) in [5, 5.41) is 18.7. The molecule has 0 aliphatic heterocycles. The maximum atomic E-state index is 10.9. The fraction of sp³-hybridized carbons (Fsp3) is 0.273. The van der Waals surface area contributed by atoms with Gasteiger partial charge in [-0.1, -0.05) is 15.9 Å². The summed E-state index contributed by atoms with van der Waals surface area (Å²) in [7, 11) is 1.61. The monoisotopic (exact) mass is 326 g/mol. The van der Waals surface area contributed by atoms with Gasteiger partial charge < -0.3 is 9.30 Å². The third-order valence-electron chi connectivity index (χ3n) is 2.50. The molecule has 19 heavy (non-hydrogen) atoms. The molecule has 7 nitrogen and oxygen atoms in total. The minimum absolute atomic E-state index is 0.00525. The van der Waals surface area contributed by atoms with Crippen molar-refractivity contribution in [2.24, 2.45) is 0 Å². The zero-order valence-corrected chi connectivity index (χ0v) is 11.7. The lowest BCUT2D eigenvalue weighted by atomic mass is 10.2. The van der Waals surface area contributed by atoms with Crippen LogP contribution in [0.15, 0.2) is 29.0 Å². The van der Waals surface area contributed by atoms with Crippen molar-refractivity contribution in [1.29, 1.82) is 0 Å². The van der Waals surface area contributed by atoms with E-state index in [2.05, 4.69) is 26.1 Å². The second kappa shape index (κ2) is 5.89. The van der Waals surface area contributed by atoms with Crippen LogP contribution in [0, 0.1) is 10.1 Å². The first kappa shape index (κ1) is 13.6. The van der Waals surface area contributed by atoms with Crippen molar-refractivity contribution in [1.82, 2.24) is 14.8 Å². The first-order valence-corrected chi connectivity index (χ1v) is 6.23. The maximum Gasteiger partial charge on any atom is 0.271 e. The van der Waals surface area contributed by atoms with Gasteiger partial charge in [0.25, 0.3) is 5.69 Å². The van der Waals surface area contributed by atoms with E-state index < -0.39 is 4.92 Å². The van der Waals surface area contributed by atoms with Gasteiger partial charge >= 0.3 is 0 Å². The molecule has 1 aromatic heterocycles. The van der Waals surface area contributed by atoms with Crippen molar-refractivity contribution < 1.29 is 9.66 Å². The number of nitro benzene ring substituents is 1. The van der Waals surface area contributed by atoms with Crippen molar-refractivity contribution in [3.05, 3.63) is 39.1 Å². The Bertz CT molecular complexity index is 599. The van der Waals surface area contributed by atoms with Crippen LogP contribution in [0.2, 0.25) is 0 Å². The van der Waals surface area contributed by atoms with Gasteiger partial charge in [0.05, 0.1) is 11.5 Å². The van der Waals surface area contributed by atoms with Crippen molar-refractivity contribution in [3.63, 3.8) is 0 Å². The molecule has 8 heteroatoms. The lowest BCUT2D eigenvalue weighted by Crippen LogP contribution is -2.05. The molecule has 0 fully saturated rings. The van der Waals surface area contributed by atoms with Crippen LogP contribution in [0.1, 0.15) is 0 Å². The standard InChI is InChI=1S/C11H11BrN4O3/c1-19-3-2-15-7-13-14-11(15)8-4-9(12)6-10(5-8)16(17)18/h4-7H,2-3H2,1H3. The zero-order chi connectivity index (χ0) is 13.8. The van der Waals surface area contributed by atoms with Gasteiger partial charge in [-0.05, 0) is 6.07 Å². The summed E-state index contributed by atoms with van der Waals surface area (Å²) in [6, 6.07) is 4.68. The molecule has 0 spiro atoms. The summed E-state index contributed by atoms with van der Waals surface area (Å²) in [6.45, 7) is 1.10. The Morgan fingerprint density at radius 3 is 2.95 bits per heavy atom. The first-order chi connectivity index (χ1) is 9.11. The highest BCUT2D eigenvalue weighted by molar-refractivity contribution is 9.10. The third-order valence-corrected chi connectivity index (χ3v) is 2.96. The molecule has 0 saturated heterocycles. The number of hydrogen-bond donors (Lipinski definition) is 0. The van der Waals surface area contributed by atoms with Crippen LogP contribution >= 0.6 is 15.9 Å². The molecule has 0 radical (unpaired) electrons. The molecule has 0 unspecified atom stereocenters. The molecular weight excluding hydrogens is 316 g/mol. The lowest BCUT2D eigenvalue weighted by molar-refractivity contribution is -0.384. The molecule has 0 N–H and O–H groups in total. The summed E-state index contributed by atoms with van der Waals surface area (Å²) in [6.07, 6.45) is 1.57. The van der Waals surface area contributed by atoms with E-state index in [9.17, 15) is 10.1 Å². The molecule has 2 aromatic rings. The van der Waals surface area contributed by atoms with Crippen LogP contribution in [0.4, 0.5) is 5.69 Å². The SMILES string of the molecule is COCCn1cnnc1-c1cc(Br)cc([N+](=O)[O-])c1. The van der Waals surface area contributed by atoms with Crippen molar-refractivity contribution in [3.8, 4) is 11.4 Å². The van der Waals surface area contributed by atoms with E-state index in [4.69, 9.17) is 4.74 Å². The molecule has 1 aromatic carbocycles. The Morgan fingerprint density at radius 1 is 1.47 bits per heavy atom. The molecular formula is C11H11BrN4O3. The van der Waals surface area contributed by atoms with E-state index in [0.717, 1.165) is 0 Å². The zero-order valence-electron chi connectivity index (χ0n) is 10.1. The van der Waals surface area contributed by atoms with Crippen LogP contribution < -0.4 is 0 Å². The topological polar surface area (TPSA) is 83.1 Å². The minimum atomic E-state index is -0.440. The molecule has 100 valence electrons. The predicted molar refractivity (Wildman–Crippen MR) is 71.7 cm³/mol. The Balaban J connectivity index is 2.41. The van der Waals surface area contributed by atoms with E-state index in [-0.39, 0.29) is 5.69 Å². The number of nitro groups is 1. The average Bonchev–Trinajstić information content (AvgIpc) is 2.83. The number of benzene rings is 1. The summed E-state index contributed by atoms with van der Waals surface area (Å²) < 4.78 is 7.41. The fourth-order valence-corrected chi connectivity index (χ4v) is 2.12. The number of non-ortho nitro benzene ring substituents is 1. The molecule has 0 aliphatic carbocycles. The van der Waals surface area contributed by atoms with E-state index in [0.29, 0.717) is 29.0 Å². The van der Waals surface area contributed by atoms with Crippen LogP contribution in [0.25, 0.3) is 11.4 Å². The predicted octanol–water partition coefficient (Wildman–Crippen LogP) is 2.26. The number of rotatable bonds is 5. The second-order valence-corrected chi connectivity index (χ2v) is 4.71. The number of ether oxygens (including phenoxy) is 1. The lowest BCUT2D eigenvalue weighted by Gasteiger charge is -2.06. The maximum absolute atomic E-state index is 10.9. The summed E-state index contributed by atoms with van der Waals surface area (Å²) in [4.78, 5) is 10.4. The fourth-order valence-electron chi connectivity index (χ4n) is 1.64. The van der Waals surface area contributed by atoms with Crippen molar-refractivity contribution in [2.75, 3.05) is 13.7 Å². The van der Waals surface area contributed by atoms with Gasteiger partial charge in [0.15, 0.2) is 5.82 Å². The minimum Gasteiger partial charge on any atom is -0.383 e. The Labute approximate surface area is 117 Å². The summed E-state index contributed by atoms with van der Waals surface area (Å²) >= 11 is 3.26. The molecule has 0 amide bonds. The smallest absolute Gasteiger partial charge is 0.271 e. The molecule has 1 heterocycles. The Hall–Kier alpha value is -1.80. The van der Waals surface area contributed by atoms with Crippen LogP contribution in [0.5, 0.6) is 0 Å². The summed E-state index contributed by atoms with van der Waals surface area (Å²) in [5.74, 6) is 0.571. The van der Waals surface area contributed by atoms with E-state index >= 15 is 0 Å². The molecule has 0 aliphatic rings. The van der Waals surface area contributed by atoms with Gasteiger partial charge in [0.2, 0.25) is 0 Å². The highest BCUT2D eigenvalue weighted by atomic mass is 79.9. The number of methoxy groups -OCH3 is 1. The molecule has 0 saturated carbocycles. The van der Waals surface area contributed by atoms with Crippen molar-refractivity contribution in [2.45, 2.75) is 6.54 Å². The number of hydrogen-bond acceptors (Lipinski definition) is 5. The third kappa shape index (κ3) is 3.15. The second-order valence-electron chi connectivity index (χ2n) is 3.80. The normalized spacial score (nSPS) is 10.6. The quantitative estimate of drug-likeness (QED) is 0.621. The van der Waals surface area contributed by atoms with E-state index in [1.54, 1.807) is 24.1 Å². The van der Waals surface area contributed by atoms with Crippen molar-refractivity contribution >= 4 is 21.6 Å². The van der Waals surface area contributed by atoms with Gasteiger partial charge in [-0.25, -0.2) is 0 Å².